The van der Waals surface area contributed by atoms with Crippen LogP contribution in [-0.2, 0) is 0 Å². The maximum absolute atomic E-state index is 7.78. The maximum Gasteiger partial charge on any atom is 0.0318 e. The molecule has 2 unspecified atom stereocenters. The largest absolute Gasteiger partial charge is 0.251 e. The molecule has 0 saturated heterocycles. The fourth-order valence-corrected chi connectivity index (χ4v) is 0.799. The van der Waals surface area contributed by atoms with Crippen molar-refractivity contribution in [2.24, 2.45) is 5.92 Å². The van der Waals surface area contributed by atoms with Gasteiger partial charge in [0.2, 0.25) is 0 Å². The summed E-state index contributed by atoms with van der Waals surface area (Å²) in [4.78, 5) is 0. The molecular weight excluding hydrogens is 110 g/mol. The van der Waals surface area contributed by atoms with Gasteiger partial charge in [0.15, 0.2) is 0 Å². The molecule has 1 radical (unpaired) electrons. The third-order valence-corrected chi connectivity index (χ3v) is 2.43. The van der Waals surface area contributed by atoms with Gasteiger partial charge in [0, 0.05) is 5.54 Å². The van der Waals surface area contributed by atoms with Gasteiger partial charge in [0.1, 0.15) is 0 Å². The van der Waals surface area contributed by atoms with Crippen LogP contribution in [0.1, 0.15) is 40.5 Å². The molecule has 0 heterocycles. The van der Waals surface area contributed by atoms with Crippen molar-refractivity contribution in [3.8, 4) is 0 Å². The molecule has 0 rings (SSSR count). The average molecular weight is 128 g/mol. The van der Waals surface area contributed by atoms with Crippen LogP contribution in [0, 0.1) is 5.92 Å². The summed E-state index contributed by atoms with van der Waals surface area (Å²) in [5.41, 5.74) is 7.58. The van der Waals surface area contributed by atoms with Crippen LogP contribution >= 0.6 is 0 Å². The first-order valence-electron chi connectivity index (χ1n) is 3.79. The first-order valence-corrected chi connectivity index (χ1v) is 3.79. The van der Waals surface area contributed by atoms with Gasteiger partial charge in [0.05, 0.1) is 0 Å². The quantitative estimate of drug-likeness (QED) is 0.557. The summed E-state index contributed by atoms with van der Waals surface area (Å²) in [6.07, 6.45) is 2.08. The van der Waals surface area contributed by atoms with E-state index in [2.05, 4.69) is 20.8 Å². The molecule has 0 spiro atoms. The smallest absolute Gasteiger partial charge is 0.0318 e. The Morgan fingerprint density at radius 2 is 1.89 bits per heavy atom. The number of rotatable bonds is 3. The zero-order valence-electron chi connectivity index (χ0n) is 6.99. The fraction of sp³-hybridized carbons (Fsp3) is 1.00. The minimum atomic E-state index is -0.200. The summed E-state index contributed by atoms with van der Waals surface area (Å²) in [5, 5.41) is 0. The third kappa shape index (κ3) is 2.35. The lowest BCUT2D eigenvalue weighted by atomic mass is 9.84. The molecule has 9 heavy (non-hydrogen) atoms. The molecule has 0 aromatic carbocycles. The van der Waals surface area contributed by atoms with E-state index < -0.39 is 0 Å². The Labute approximate surface area is 58.6 Å². The van der Waals surface area contributed by atoms with Crippen LogP contribution in [0.4, 0.5) is 0 Å². The van der Waals surface area contributed by atoms with Gasteiger partial charge in [-0.2, -0.15) is 0 Å². The Balaban J connectivity index is 3.80. The van der Waals surface area contributed by atoms with Gasteiger partial charge >= 0.3 is 0 Å². The molecule has 1 N–H and O–H groups in total. The summed E-state index contributed by atoms with van der Waals surface area (Å²) in [6.45, 7) is 8.39. The van der Waals surface area contributed by atoms with Crippen LogP contribution in [-0.4, -0.2) is 5.54 Å². The topological polar surface area (TPSA) is 23.8 Å². The molecule has 1 heteroatoms. The van der Waals surface area contributed by atoms with E-state index in [0.29, 0.717) is 5.92 Å². The Morgan fingerprint density at radius 3 is 2.00 bits per heavy atom. The van der Waals surface area contributed by atoms with Crippen LogP contribution in [0.2, 0.25) is 0 Å². The van der Waals surface area contributed by atoms with Gasteiger partial charge in [-0.3, -0.25) is 5.73 Å². The molecule has 0 aromatic heterocycles. The molecule has 55 valence electrons. The Hall–Kier alpha value is -0.0400. The molecule has 0 saturated carbocycles. The van der Waals surface area contributed by atoms with Gasteiger partial charge in [-0.15, -0.1) is 0 Å². The van der Waals surface area contributed by atoms with E-state index >= 15 is 0 Å². The van der Waals surface area contributed by atoms with Gasteiger partial charge in [0.25, 0.3) is 0 Å². The van der Waals surface area contributed by atoms with Crippen molar-refractivity contribution < 1.29 is 0 Å². The predicted octanol–water partition coefficient (Wildman–Crippen LogP) is 2.48. The van der Waals surface area contributed by atoms with Crippen LogP contribution in [0.15, 0.2) is 0 Å². The number of hydrogen-bond donors (Lipinski definition) is 0. The highest BCUT2D eigenvalue weighted by atomic mass is 14.7. The summed E-state index contributed by atoms with van der Waals surface area (Å²) >= 11 is 0. The second-order valence-electron chi connectivity index (χ2n) is 3.08. The van der Waals surface area contributed by atoms with E-state index in [1.54, 1.807) is 0 Å². The molecule has 0 aliphatic heterocycles. The molecule has 1 nitrogen and oxygen atoms in total. The van der Waals surface area contributed by atoms with E-state index in [9.17, 15) is 0 Å². The average Bonchev–Trinajstić information content (AvgIpc) is 1.86. The standard InChI is InChI=1S/C8H18N/c1-5-7(3)8(4,9)6-2/h7,9H,5-6H2,1-4H3. The zero-order valence-corrected chi connectivity index (χ0v) is 6.99. The molecule has 2 atom stereocenters. The Kier molecular flexibility index (Phi) is 3.20. The molecule has 0 fully saturated rings. The Bertz CT molecular complexity index is 76.6. The highest BCUT2D eigenvalue weighted by Crippen LogP contribution is 2.21. The fourth-order valence-electron chi connectivity index (χ4n) is 0.799. The van der Waals surface area contributed by atoms with Crippen molar-refractivity contribution in [1.29, 1.82) is 0 Å². The van der Waals surface area contributed by atoms with E-state index in [-0.39, 0.29) is 5.54 Å². The lowest BCUT2D eigenvalue weighted by Crippen LogP contribution is -2.33. The first kappa shape index (κ1) is 8.96. The molecule has 0 aliphatic carbocycles. The van der Waals surface area contributed by atoms with Crippen LogP contribution in [0.25, 0.3) is 0 Å². The number of nitrogens with one attached hydrogen (secondary N) is 1. The van der Waals surface area contributed by atoms with Crippen molar-refractivity contribution >= 4 is 0 Å². The van der Waals surface area contributed by atoms with Crippen molar-refractivity contribution in [2.75, 3.05) is 0 Å². The molecule has 0 aromatic rings. The molecular formula is C8H18N. The van der Waals surface area contributed by atoms with Crippen molar-refractivity contribution in [3.05, 3.63) is 0 Å². The first-order chi connectivity index (χ1) is 4.04. The highest BCUT2D eigenvalue weighted by Gasteiger charge is 2.22. The highest BCUT2D eigenvalue weighted by molar-refractivity contribution is 4.80. The number of hydrogen-bond acceptors (Lipinski definition) is 0. The minimum absolute atomic E-state index is 0.200. The van der Waals surface area contributed by atoms with E-state index in [1.807, 2.05) is 6.92 Å². The summed E-state index contributed by atoms with van der Waals surface area (Å²) in [5.74, 6) is 0.530. The van der Waals surface area contributed by atoms with E-state index in [1.165, 1.54) is 0 Å². The normalized spacial score (nSPS) is 21.0. The second kappa shape index (κ2) is 3.21. The van der Waals surface area contributed by atoms with Crippen molar-refractivity contribution in [1.82, 2.24) is 5.73 Å². The van der Waals surface area contributed by atoms with E-state index in [4.69, 9.17) is 5.73 Å². The summed E-state index contributed by atoms with van der Waals surface area (Å²) in [7, 11) is 0. The van der Waals surface area contributed by atoms with Crippen LogP contribution in [0.3, 0.4) is 0 Å². The van der Waals surface area contributed by atoms with Crippen molar-refractivity contribution in [3.63, 3.8) is 0 Å². The van der Waals surface area contributed by atoms with E-state index in [0.717, 1.165) is 12.8 Å². The summed E-state index contributed by atoms with van der Waals surface area (Å²) in [6, 6.07) is 0. The van der Waals surface area contributed by atoms with Crippen LogP contribution in [0.5, 0.6) is 0 Å². The second-order valence-corrected chi connectivity index (χ2v) is 3.08. The monoisotopic (exact) mass is 128 g/mol. The van der Waals surface area contributed by atoms with Crippen molar-refractivity contribution in [2.45, 2.75) is 46.1 Å². The third-order valence-electron chi connectivity index (χ3n) is 2.43. The summed E-state index contributed by atoms with van der Waals surface area (Å²) < 4.78 is 0. The Morgan fingerprint density at radius 1 is 1.44 bits per heavy atom. The van der Waals surface area contributed by atoms with Gasteiger partial charge in [-0.05, 0) is 19.3 Å². The molecule has 0 amide bonds. The predicted molar refractivity (Wildman–Crippen MR) is 41.2 cm³/mol. The van der Waals surface area contributed by atoms with Crippen LogP contribution < -0.4 is 5.73 Å². The lowest BCUT2D eigenvalue weighted by Gasteiger charge is -2.28. The molecule has 0 aliphatic rings. The van der Waals surface area contributed by atoms with Gasteiger partial charge in [-0.1, -0.05) is 27.2 Å². The SMILES string of the molecule is CCC(C)C(C)([NH])CC. The van der Waals surface area contributed by atoms with Gasteiger partial charge < -0.3 is 0 Å². The lowest BCUT2D eigenvalue weighted by molar-refractivity contribution is 0.288. The van der Waals surface area contributed by atoms with Gasteiger partial charge in [-0.25, -0.2) is 0 Å². The maximum atomic E-state index is 7.78. The zero-order chi connectivity index (χ0) is 7.49. The molecule has 0 bridgehead atoms. The minimum Gasteiger partial charge on any atom is -0.251 e.